The second-order valence-electron chi connectivity index (χ2n) is 5.83. The van der Waals surface area contributed by atoms with Gasteiger partial charge in [-0.2, -0.15) is 13.2 Å². The van der Waals surface area contributed by atoms with E-state index in [1.807, 2.05) is 0 Å². The Labute approximate surface area is 152 Å². The minimum absolute atomic E-state index is 0.0632. The van der Waals surface area contributed by atoms with Crippen molar-refractivity contribution in [1.29, 1.82) is 0 Å². The zero-order chi connectivity index (χ0) is 18.2. The SMILES string of the molecule is O=C(N[C@H]1CC[C@H]1c1ccc(Cl)cc1Cl)c1ncccc1C(F)(F)F. The van der Waals surface area contributed by atoms with Gasteiger partial charge in [0.1, 0.15) is 5.69 Å². The van der Waals surface area contributed by atoms with Gasteiger partial charge in [-0.25, -0.2) is 0 Å². The number of hydrogen-bond acceptors (Lipinski definition) is 2. The second kappa shape index (κ2) is 6.84. The monoisotopic (exact) mass is 388 g/mol. The highest BCUT2D eigenvalue weighted by atomic mass is 35.5. The molecule has 1 saturated carbocycles. The van der Waals surface area contributed by atoms with Gasteiger partial charge >= 0.3 is 6.18 Å². The minimum Gasteiger partial charge on any atom is -0.347 e. The molecule has 0 bridgehead atoms. The van der Waals surface area contributed by atoms with E-state index in [1.165, 1.54) is 6.20 Å². The van der Waals surface area contributed by atoms with Crippen LogP contribution >= 0.6 is 23.2 Å². The third kappa shape index (κ3) is 3.75. The molecule has 0 unspecified atom stereocenters. The van der Waals surface area contributed by atoms with E-state index in [1.54, 1.807) is 18.2 Å². The van der Waals surface area contributed by atoms with Crippen LogP contribution in [0.3, 0.4) is 0 Å². The molecular formula is C17H13Cl2F3N2O. The lowest BCUT2D eigenvalue weighted by atomic mass is 9.75. The van der Waals surface area contributed by atoms with E-state index in [0.29, 0.717) is 16.5 Å². The summed E-state index contributed by atoms with van der Waals surface area (Å²) in [5, 5.41) is 3.62. The minimum atomic E-state index is -4.64. The van der Waals surface area contributed by atoms with Crippen LogP contribution in [0.4, 0.5) is 13.2 Å². The summed E-state index contributed by atoms with van der Waals surface area (Å²) in [4.78, 5) is 15.9. The smallest absolute Gasteiger partial charge is 0.347 e. The highest BCUT2D eigenvalue weighted by Gasteiger charge is 2.39. The first-order valence-corrected chi connectivity index (χ1v) is 8.31. The molecule has 3 rings (SSSR count). The summed E-state index contributed by atoms with van der Waals surface area (Å²) in [5.74, 6) is -0.903. The van der Waals surface area contributed by atoms with Crippen molar-refractivity contribution >= 4 is 29.1 Å². The first-order valence-electron chi connectivity index (χ1n) is 7.55. The molecule has 1 aromatic carbocycles. The Kier molecular flexibility index (Phi) is 4.93. The summed E-state index contributed by atoms with van der Waals surface area (Å²) in [7, 11) is 0. The number of alkyl halides is 3. The summed E-state index contributed by atoms with van der Waals surface area (Å²) >= 11 is 12.1. The maximum Gasteiger partial charge on any atom is 0.418 e. The molecular weight excluding hydrogens is 376 g/mol. The second-order valence-corrected chi connectivity index (χ2v) is 6.67. The van der Waals surface area contributed by atoms with E-state index in [4.69, 9.17) is 23.2 Å². The van der Waals surface area contributed by atoms with Crippen molar-refractivity contribution in [2.24, 2.45) is 0 Å². The van der Waals surface area contributed by atoms with Crippen LogP contribution in [0.15, 0.2) is 36.5 Å². The van der Waals surface area contributed by atoms with E-state index in [-0.39, 0.29) is 12.0 Å². The number of amides is 1. The molecule has 0 saturated heterocycles. The first-order chi connectivity index (χ1) is 11.8. The zero-order valence-electron chi connectivity index (χ0n) is 12.8. The topological polar surface area (TPSA) is 42.0 Å². The zero-order valence-corrected chi connectivity index (χ0v) is 14.3. The molecule has 2 aromatic rings. The Bertz CT molecular complexity index is 811. The van der Waals surface area contributed by atoms with Crippen molar-refractivity contribution in [2.45, 2.75) is 31.0 Å². The summed E-state index contributed by atoms with van der Waals surface area (Å²) in [6.07, 6.45) is -2.04. The number of carbonyl (C=O) groups is 1. The largest absolute Gasteiger partial charge is 0.418 e. The highest BCUT2D eigenvalue weighted by Crippen LogP contribution is 2.41. The Morgan fingerprint density at radius 2 is 1.96 bits per heavy atom. The van der Waals surface area contributed by atoms with Crippen LogP contribution in [-0.4, -0.2) is 16.9 Å². The maximum atomic E-state index is 13.0. The number of benzene rings is 1. The standard InChI is InChI=1S/C17H13Cl2F3N2O/c18-9-3-4-10(13(19)8-9)11-5-6-14(11)24-16(25)15-12(17(20,21)22)2-1-7-23-15/h1-4,7-8,11,14H,5-6H2,(H,24,25)/t11-,14-/m0/s1. The number of pyridine rings is 1. The molecule has 1 aliphatic rings. The average Bonchev–Trinajstić information content (AvgIpc) is 2.53. The fourth-order valence-electron chi connectivity index (χ4n) is 2.90. The molecule has 0 aliphatic heterocycles. The first kappa shape index (κ1) is 18.0. The van der Waals surface area contributed by atoms with Crippen molar-refractivity contribution in [1.82, 2.24) is 10.3 Å². The van der Waals surface area contributed by atoms with Crippen molar-refractivity contribution in [3.63, 3.8) is 0 Å². The number of carbonyl (C=O) groups excluding carboxylic acids is 1. The molecule has 0 spiro atoms. The number of nitrogens with one attached hydrogen (secondary N) is 1. The Hall–Kier alpha value is -1.79. The van der Waals surface area contributed by atoms with Crippen molar-refractivity contribution < 1.29 is 18.0 Å². The summed E-state index contributed by atoms with van der Waals surface area (Å²) in [5.41, 5.74) is -0.851. The third-order valence-electron chi connectivity index (χ3n) is 4.28. The lowest BCUT2D eigenvalue weighted by Gasteiger charge is -2.38. The fraction of sp³-hybridized carbons (Fsp3) is 0.294. The van der Waals surface area contributed by atoms with Crippen molar-refractivity contribution in [3.05, 3.63) is 63.4 Å². The van der Waals surface area contributed by atoms with Gasteiger partial charge in [0.2, 0.25) is 0 Å². The predicted molar refractivity (Wildman–Crippen MR) is 88.9 cm³/mol. The van der Waals surface area contributed by atoms with E-state index < -0.39 is 23.3 Å². The van der Waals surface area contributed by atoms with E-state index in [2.05, 4.69) is 10.3 Å². The molecule has 1 fully saturated rings. The summed E-state index contributed by atoms with van der Waals surface area (Å²) in [6, 6.07) is 6.77. The van der Waals surface area contributed by atoms with Crippen LogP contribution in [0.25, 0.3) is 0 Å². The van der Waals surface area contributed by atoms with Crippen LogP contribution in [-0.2, 0) is 6.18 Å². The third-order valence-corrected chi connectivity index (χ3v) is 4.84. The molecule has 1 N–H and O–H groups in total. The van der Waals surface area contributed by atoms with Gasteiger partial charge < -0.3 is 5.32 Å². The van der Waals surface area contributed by atoms with Crippen LogP contribution in [0, 0.1) is 0 Å². The number of hydrogen-bond donors (Lipinski definition) is 1. The van der Waals surface area contributed by atoms with Gasteiger partial charge in [-0.1, -0.05) is 29.3 Å². The highest BCUT2D eigenvalue weighted by molar-refractivity contribution is 6.35. The number of rotatable bonds is 3. The van der Waals surface area contributed by atoms with Crippen LogP contribution in [0.2, 0.25) is 10.0 Å². The Morgan fingerprint density at radius 1 is 1.20 bits per heavy atom. The van der Waals surface area contributed by atoms with E-state index in [0.717, 1.165) is 24.1 Å². The Balaban J connectivity index is 1.78. The molecule has 1 amide bonds. The van der Waals surface area contributed by atoms with Gasteiger partial charge in [0, 0.05) is 28.2 Å². The molecule has 0 radical (unpaired) electrons. The summed E-state index contributed by atoms with van der Waals surface area (Å²) in [6.45, 7) is 0. The van der Waals surface area contributed by atoms with Crippen LogP contribution < -0.4 is 5.32 Å². The van der Waals surface area contributed by atoms with Gasteiger partial charge in [0.15, 0.2) is 0 Å². The van der Waals surface area contributed by atoms with Crippen molar-refractivity contribution in [2.75, 3.05) is 0 Å². The number of nitrogens with zero attached hydrogens (tertiary/aromatic N) is 1. The van der Waals surface area contributed by atoms with E-state index in [9.17, 15) is 18.0 Å². The van der Waals surface area contributed by atoms with Crippen LogP contribution in [0.5, 0.6) is 0 Å². The molecule has 8 heteroatoms. The normalized spacial score (nSPS) is 20.0. The van der Waals surface area contributed by atoms with Gasteiger partial charge in [-0.05, 0) is 42.7 Å². The number of halogens is 5. The molecule has 2 atom stereocenters. The van der Waals surface area contributed by atoms with Crippen molar-refractivity contribution in [3.8, 4) is 0 Å². The lowest BCUT2D eigenvalue weighted by Crippen LogP contribution is -2.46. The van der Waals surface area contributed by atoms with Gasteiger partial charge in [0.25, 0.3) is 5.91 Å². The molecule has 25 heavy (non-hydrogen) atoms. The fourth-order valence-corrected chi connectivity index (χ4v) is 3.45. The number of aromatic nitrogens is 1. The van der Waals surface area contributed by atoms with Gasteiger partial charge in [-0.3, -0.25) is 9.78 Å². The van der Waals surface area contributed by atoms with Gasteiger partial charge in [0.05, 0.1) is 5.56 Å². The lowest BCUT2D eigenvalue weighted by molar-refractivity contribution is -0.138. The summed E-state index contributed by atoms with van der Waals surface area (Å²) < 4.78 is 39.1. The average molecular weight is 389 g/mol. The molecule has 1 aliphatic carbocycles. The molecule has 1 aromatic heterocycles. The van der Waals surface area contributed by atoms with Gasteiger partial charge in [-0.15, -0.1) is 0 Å². The van der Waals surface area contributed by atoms with Crippen LogP contribution in [0.1, 0.15) is 40.4 Å². The maximum absolute atomic E-state index is 13.0. The van der Waals surface area contributed by atoms with E-state index >= 15 is 0 Å². The molecule has 132 valence electrons. The quantitative estimate of drug-likeness (QED) is 0.795. The molecule has 1 heterocycles. The predicted octanol–water partition coefficient (Wildman–Crippen LogP) is 5.08. The Morgan fingerprint density at radius 3 is 2.56 bits per heavy atom. The molecule has 3 nitrogen and oxygen atoms in total.